The van der Waals surface area contributed by atoms with Gasteiger partial charge in [0.1, 0.15) is 20.0 Å². The van der Waals surface area contributed by atoms with E-state index >= 15 is 0 Å². The molecule has 2 aromatic rings. The van der Waals surface area contributed by atoms with Gasteiger partial charge in [-0.15, -0.1) is 0 Å². The first-order valence-electron chi connectivity index (χ1n) is 6.88. The summed E-state index contributed by atoms with van der Waals surface area (Å²) in [4.78, 5) is 19.6. The molecule has 0 saturated heterocycles. The lowest BCUT2D eigenvalue weighted by Gasteiger charge is -2.05. The monoisotopic (exact) mass is 300 g/mol. The zero-order valence-corrected chi connectivity index (χ0v) is 12.4. The second-order valence-electron chi connectivity index (χ2n) is 4.50. The highest BCUT2D eigenvalue weighted by atomic mass is 16.5. The normalized spacial score (nSPS) is 9.64. The van der Waals surface area contributed by atoms with Crippen LogP contribution < -0.4 is 0 Å². The summed E-state index contributed by atoms with van der Waals surface area (Å²) in [5, 5.41) is 0. The van der Waals surface area contributed by atoms with E-state index in [2.05, 4.69) is 0 Å². The fraction of sp³-hybridized carbons (Fsp3) is 0.222. The number of carbonyl (C=O) groups is 2. The van der Waals surface area contributed by atoms with E-state index in [0.29, 0.717) is 13.2 Å². The van der Waals surface area contributed by atoms with Crippen molar-refractivity contribution in [3.63, 3.8) is 0 Å². The Bertz CT molecular complexity index is 478. The quantitative estimate of drug-likeness (QED) is 0.752. The number of ketones is 1. The molecule has 2 aromatic carbocycles. The van der Waals surface area contributed by atoms with Crippen LogP contribution >= 0.6 is 0 Å². The molecule has 0 unspecified atom stereocenters. The van der Waals surface area contributed by atoms with E-state index in [0.717, 1.165) is 11.1 Å². The van der Waals surface area contributed by atoms with Crippen LogP contribution in [0.4, 0.5) is 0 Å². The second-order valence-corrected chi connectivity index (χ2v) is 4.50. The standard InChI is InChI=1S/C17H18O3.CH2O/c18-17(13-19-11-15-7-3-1-4-8-15)14-20-12-16-9-5-2-6-10-16;1-2/h1-10H,11-14H2;1H2. The molecule has 4 heteroatoms. The Morgan fingerprint density at radius 2 is 1.09 bits per heavy atom. The van der Waals surface area contributed by atoms with Gasteiger partial charge >= 0.3 is 0 Å². The lowest BCUT2D eigenvalue weighted by atomic mass is 10.2. The van der Waals surface area contributed by atoms with E-state index in [9.17, 15) is 4.79 Å². The van der Waals surface area contributed by atoms with Crippen LogP contribution in [0.2, 0.25) is 0 Å². The molecule has 0 aliphatic rings. The van der Waals surface area contributed by atoms with Gasteiger partial charge in [-0.05, 0) is 11.1 Å². The number of rotatable bonds is 8. The SMILES string of the molecule is C=O.O=C(COCc1ccccc1)COCc1ccccc1. The Kier molecular flexibility index (Phi) is 9.17. The summed E-state index contributed by atoms with van der Waals surface area (Å²) in [6, 6.07) is 19.6. The first kappa shape index (κ1) is 17.8. The van der Waals surface area contributed by atoms with Crippen LogP contribution in [0.1, 0.15) is 11.1 Å². The fourth-order valence-corrected chi connectivity index (χ4v) is 1.76. The van der Waals surface area contributed by atoms with Crippen molar-refractivity contribution in [1.29, 1.82) is 0 Å². The molecule has 4 nitrogen and oxygen atoms in total. The Labute approximate surface area is 130 Å². The molecule has 0 N–H and O–H groups in total. The van der Waals surface area contributed by atoms with Gasteiger partial charge in [-0.3, -0.25) is 4.79 Å². The average molecular weight is 300 g/mol. The minimum absolute atomic E-state index is 0.0446. The van der Waals surface area contributed by atoms with Crippen LogP contribution in [-0.4, -0.2) is 25.8 Å². The predicted octanol–water partition coefficient (Wildman–Crippen LogP) is 2.80. The largest absolute Gasteiger partial charge is 0.369 e. The molecule has 0 amide bonds. The summed E-state index contributed by atoms with van der Waals surface area (Å²) < 4.78 is 10.7. The van der Waals surface area contributed by atoms with Crippen LogP contribution in [0.3, 0.4) is 0 Å². The molecule has 0 aliphatic carbocycles. The molecule has 0 saturated carbocycles. The van der Waals surface area contributed by atoms with E-state index in [1.54, 1.807) is 0 Å². The van der Waals surface area contributed by atoms with Crippen molar-refractivity contribution in [3.8, 4) is 0 Å². The Balaban J connectivity index is 0.00000116. The van der Waals surface area contributed by atoms with E-state index in [1.807, 2.05) is 67.5 Å². The zero-order valence-electron chi connectivity index (χ0n) is 12.4. The van der Waals surface area contributed by atoms with Crippen molar-refractivity contribution in [2.45, 2.75) is 13.2 Å². The second kappa shape index (κ2) is 11.4. The number of benzene rings is 2. The Morgan fingerprint density at radius 3 is 1.45 bits per heavy atom. The molecule has 0 atom stereocenters. The maximum absolute atomic E-state index is 11.6. The van der Waals surface area contributed by atoms with Crippen molar-refractivity contribution in [3.05, 3.63) is 71.8 Å². The summed E-state index contributed by atoms with van der Waals surface area (Å²) in [5.74, 6) is -0.0446. The molecule has 0 aromatic heterocycles. The summed E-state index contributed by atoms with van der Waals surface area (Å²) in [6.45, 7) is 3.07. The van der Waals surface area contributed by atoms with E-state index < -0.39 is 0 Å². The number of carbonyl (C=O) groups excluding carboxylic acids is 2. The molecule has 0 fully saturated rings. The molecule has 2 rings (SSSR count). The lowest BCUT2D eigenvalue weighted by molar-refractivity contribution is -0.129. The van der Waals surface area contributed by atoms with Crippen LogP contribution in [0.5, 0.6) is 0 Å². The number of Topliss-reactive ketones (excluding diaryl/α,β-unsaturated/α-hetero) is 1. The third kappa shape index (κ3) is 7.47. The molecule has 116 valence electrons. The van der Waals surface area contributed by atoms with Crippen molar-refractivity contribution in [2.24, 2.45) is 0 Å². The summed E-state index contributed by atoms with van der Waals surface area (Å²) in [6.07, 6.45) is 0. The van der Waals surface area contributed by atoms with Gasteiger partial charge in [0.05, 0.1) is 13.2 Å². The fourth-order valence-electron chi connectivity index (χ4n) is 1.76. The first-order valence-corrected chi connectivity index (χ1v) is 6.88. The summed E-state index contributed by atoms with van der Waals surface area (Å²) in [5.41, 5.74) is 2.12. The van der Waals surface area contributed by atoms with Gasteiger partial charge in [-0.25, -0.2) is 0 Å². The average Bonchev–Trinajstić information content (AvgIpc) is 2.59. The minimum Gasteiger partial charge on any atom is -0.369 e. The van der Waals surface area contributed by atoms with Crippen LogP contribution in [0.15, 0.2) is 60.7 Å². The van der Waals surface area contributed by atoms with E-state index in [1.165, 1.54) is 0 Å². The number of hydrogen-bond donors (Lipinski definition) is 0. The molecule has 0 aliphatic heterocycles. The maximum Gasteiger partial charge on any atom is 0.184 e. The smallest absolute Gasteiger partial charge is 0.184 e. The first-order chi connectivity index (χ1) is 10.8. The topological polar surface area (TPSA) is 52.6 Å². The predicted molar refractivity (Wildman–Crippen MR) is 84.3 cm³/mol. The van der Waals surface area contributed by atoms with Gasteiger partial charge in [0.15, 0.2) is 5.78 Å². The van der Waals surface area contributed by atoms with Gasteiger partial charge in [-0.2, -0.15) is 0 Å². The minimum atomic E-state index is -0.0446. The van der Waals surface area contributed by atoms with E-state index in [4.69, 9.17) is 14.3 Å². The molecule has 0 heterocycles. The summed E-state index contributed by atoms with van der Waals surface area (Å²) in [7, 11) is 0. The summed E-state index contributed by atoms with van der Waals surface area (Å²) >= 11 is 0. The van der Waals surface area contributed by atoms with Crippen LogP contribution in [-0.2, 0) is 32.3 Å². The van der Waals surface area contributed by atoms with Crippen molar-refractivity contribution >= 4 is 12.6 Å². The molecule has 0 radical (unpaired) electrons. The van der Waals surface area contributed by atoms with Crippen molar-refractivity contribution in [1.82, 2.24) is 0 Å². The zero-order chi connectivity index (χ0) is 16.0. The van der Waals surface area contributed by atoms with Gasteiger partial charge in [-0.1, -0.05) is 60.7 Å². The van der Waals surface area contributed by atoms with Crippen LogP contribution in [0.25, 0.3) is 0 Å². The number of ether oxygens (including phenoxy) is 2. The van der Waals surface area contributed by atoms with Crippen molar-refractivity contribution in [2.75, 3.05) is 13.2 Å². The molecule has 22 heavy (non-hydrogen) atoms. The maximum atomic E-state index is 11.6. The van der Waals surface area contributed by atoms with Crippen molar-refractivity contribution < 1.29 is 19.1 Å². The Hall–Kier alpha value is -2.30. The highest BCUT2D eigenvalue weighted by molar-refractivity contribution is 5.80. The van der Waals surface area contributed by atoms with E-state index in [-0.39, 0.29) is 19.0 Å². The molecular weight excluding hydrogens is 280 g/mol. The number of hydrogen-bond acceptors (Lipinski definition) is 4. The van der Waals surface area contributed by atoms with Gasteiger partial charge in [0.25, 0.3) is 0 Å². The molecular formula is C18H20O4. The van der Waals surface area contributed by atoms with Gasteiger partial charge in [0.2, 0.25) is 0 Å². The van der Waals surface area contributed by atoms with Crippen LogP contribution in [0, 0.1) is 0 Å². The third-order valence-electron chi connectivity index (χ3n) is 2.75. The molecule has 0 spiro atoms. The third-order valence-corrected chi connectivity index (χ3v) is 2.75. The molecule has 0 bridgehead atoms. The van der Waals surface area contributed by atoms with Gasteiger partial charge < -0.3 is 14.3 Å². The highest BCUT2D eigenvalue weighted by Crippen LogP contribution is 2.02. The highest BCUT2D eigenvalue weighted by Gasteiger charge is 2.03. The lowest BCUT2D eigenvalue weighted by Crippen LogP contribution is -2.15. The Morgan fingerprint density at radius 1 is 0.727 bits per heavy atom. The van der Waals surface area contributed by atoms with Gasteiger partial charge in [0, 0.05) is 0 Å².